The average molecular weight is 424 g/mol. The molecule has 2 N–H and O–H groups in total. The molecule has 3 heteroatoms. The van der Waals surface area contributed by atoms with E-state index in [0.29, 0.717) is 5.46 Å². The molecule has 0 unspecified atom stereocenters. The predicted octanol–water partition coefficient (Wildman–Crippen LogP) is 6.16. The van der Waals surface area contributed by atoms with E-state index < -0.39 is 7.12 Å². The quantitative estimate of drug-likeness (QED) is 0.264. The molecule has 0 radical (unpaired) electrons. The summed E-state index contributed by atoms with van der Waals surface area (Å²) in [5, 5.41) is 26.2. The van der Waals surface area contributed by atoms with Crippen LogP contribution in [0, 0.1) is 0 Å². The normalized spacial score (nSPS) is 11.3. The summed E-state index contributed by atoms with van der Waals surface area (Å²) < 4.78 is 0. The molecule has 6 rings (SSSR count). The number of rotatable bonds is 3. The van der Waals surface area contributed by atoms with Gasteiger partial charge >= 0.3 is 7.12 Å². The van der Waals surface area contributed by atoms with Crippen LogP contribution in [0.1, 0.15) is 0 Å². The van der Waals surface area contributed by atoms with Crippen LogP contribution in [0.15, 0.2) is 115 Å². The van der Waals surface area contributed by atoms with Gasteiger partial charge < -0.3 is 10.0 Å². The van der Waals surface area contributed by atoms with Crippen LogP contribution < -0.4 is 5.46 Å². The second-order valence-corrected chi connectivity index (χ2v) is 8.40. The third-order valence-corrected chi connectivity index (χ3v) is 6.46. The molecule has 0 aromatic heterocycles. The first kappa shape index (κ1) is 19.7. The van der Waals surface area contributed by atoms with Crippen molar-refractivity contribution in [3.63, 3.8) is 0 Å². The lowest BCUT2D eigenvalue weighted by atomic mass is 9.78. The summed E-state index contributed by atoms with van der Waals surface area (Å²) in [6, 6.07) is 39.7. The van der Waals surface area contributed by atoms with Crippen LogP contribution in [0.5, 0.6) is 0 Å². The van der Waals surface area contributed by atoms with Gasteiger partial charge in [-0.2, -0.15) is 0 Å². The molecule has 0 heterocycles. The Morgan fingerprint density at radius 3 is 1.82 bits per heavy atom. The lowest BCUT2D eigenvalue weighted by Gasteiger charge is -2.17. The summed E-state index contributed by atoms with van der Waals surface area (Å²) in [6.45, 7) is 0. The van der Waals surface area contributed by atoms with Gasteiger partial charge in [-0.15, -0.1) is 0 Å². The van der Waals surface area contributed by atoms with Crippen molar-refractivity contribution in [3.05, 3.63) is 115 Å². The molecule has 0 fully saturated rings. The summed E-state index contributed by atoms with van der Waals surface area (Å²) in [7, 11) is -1.49. The van der Waals surface area contributed by atoms with Gasteiger partial charge in [-0.05, 0) is 66.1 Å². The Balaban J connectivity index is 1.72. The number of benzene rings is 6. The van der Waals surface area contributed by atoms with Crippen molar-refractivity contribution in [1.29, 1.82) is 0 Å². The molecule has 0 saturated heterocycles. The van der Waals surface area contributed by atoms with Gasteiger partial charge in [0.25, 0.3) is 0 Å². The fraction of sp³-hybridized carbons (Fsp3) is 0. The highest BCUT2D eigenvalue weighted by molar-refractivity contribution is 6.59. The van der Waals surface area contributed by atoms with E-state index >= 15 is 0 Å². The molecule has 0 spiro atoms. The topological polar surface area (TPSA) is 40.5 Å². The highest BCUT2D eigenvalue weighted by Crippen LogP contribution is 2.41. The highest BCUT2D eigenvalue weighted by atomic mass is 16.4. The molecule has 0 atom stereocenters. The second-order valence-electron chi connectivity index (χ2n) is 8.40. The minimum absolute atomic E-state index is 0.494. The van der Waals surface area contributed by atoms with Crippen molar-refractivity contribution in [2.24, 2.45) is 0 Å². The van der Waals surface area contributed by atoms with E-state index in [1.54, 1.807) is 6.07 Å². The average Bonchev–Trinajstić information content (AvgIpc) is 2.87. The lowest BCUT2D eigenvalue weighted by molar-refractivity contribution is 0.426. The van der Waals surface area contributed by atoms with Gasteiger partial charge in [0.05, 0.1) is 0 Å². The lowest BCUT2D eigenvalue weighted by Crippen LogP contribution is -2.29. The van der Waals surface area contributed by atoms with E-state index in [-0.39, 0.29) is 0 Å². The highest BCUT2D eigenvalue weighted by Gasteiger charge is 2.17. The summed E-state index contributed by atoms with van der Waals surface area (Å²) >= 11 is 0. The zero-order valence-corrected chi connectivity index (χ0v) is 17.9. The molecule has 6 aromatic rings. The van der Waals surface area contributed by atoms with Crippen molar-refractivity contribution >= 4 is 44.9 Å². The maximum absolute atomic E-state index is 9.72. The van der Waals surface area contributed by atoms with Gasteiger partial charge in [0.1, 0.15) is 0 Å². The number of hydrogen-bond acceptors (Lipinski definition) is 2. The van der Waals surface area contributed by atoms with E-state index in [9.17, 15) is 10.0 Å². The molecule has 0 aliphatic carbocycles. The second kappa shape index (κ2) is 7.89. The van der Waals surface area contributed by atoms with Crippen molar-refractivity contribution in [2.75, 3.05) is 0 Å². The van der Waals surface area contributed by atoms with Crippen LogP contribution in [-0.2, 0) is 0 Å². The minimum Gasteiger partial charge on any atom is -0.423 e. The maximum atomic E-state index is 9.72. The molecular weight excluding hydrogens is 403 g/mol. The standard InChI is InChI=1S/C30H21BO2/c32-31(33)23-14-15-26-22(19-23)18-21-10-4-5-11-25(21)30(26)29-17-16-24(20-8-2-1-3-9-20)27-12-6-7-13-28(27)29/h1-19,32-33H. The van der Waals surface area contributed by atoms with Crippen molar-refractivity contribution < 1.29 is 10.0 Å². The molecule has 156 valence electrons. The third-order valence-electron chi connectivity index (χ3n) is 6.46. The van der Waals surface area contributed by atoms with Crippen molar-refractivity contribution in [1.82, 2.24) is 0 Å². The molecule has 6 aromatic carbocycles. The SMILES string of the molecule is OB(O)c1ccc2c(-c3ccc(-c4ccccc4)c4ccccc34)c3ccccc3cc2c1. The van der Waals surface area contributed by atoms with Crippen LogP contribution in [0.2, 0.25) is 0 Å². The van der Waals surface area contributed by atoms with Crippen LogP contribution >= 0.6 is 0 Å². The van der Waals surface area contributed by atoms with Gasteiger partial charge in [-0.3, -0.25) is 0 Å². The Morgan fingerprint density at radius 1 is 0.455 bits per heavy atom. The summed E-state index contributed by atoms with van der Waals surface area (Å²) in [5.41, 5.74) is 5.24. The van der Waals surface area contributed by atoms with Crippen molar-refractivity contribution in [2.45, 2.75) is 0 Å². The zero-order chi connectivity index (χ0) is 22.4. The molecular formula is C30H21BO2. The van der Waals surface area contributed by atoms with Crippen LogP contribution in [-0.4, -0.2) is 17.2 Å². The number of hydrogen-bond donors (Lipinski definition) is 2. The third kappa shape index (κ3) is 3.30. The molecule has 0 saturated carbocycles. The van der Waals surface area contributed by atoms with Gasteiger partial charge in [0.2, 0.25) is 0 Å². The smallest absolute Gasteiger partial charge is 0.423 e. The van der Waals surface area contributed by atoms with E-state index in [4.69, 9.17) is 0 Å². The molecule has 0 aliphatic rings. The van der Waals surface area contributed by atoms with Gasteiger partial charge in [0, 0.05) is 0 Å². The first-order chi connectivity index (χ1) is 16.2. The van der Waals surface area contributed by atoms with Crippen LogP contribution in [0.4, 0.5) is 0 Å². The van der Waals surface area contributed by atoms with Crippen LogP contribution in [0.3, 0.4) is 0 Å². The van der Waals surface area contributed by atoms with E-state index in [0.717, 1.165) is 21.7 Å². The molecule has 0 aliphatic heterocycles. The van der Waals surface area contributed by atoms with Gasteiger partial charge in [-0.25, -0.2) is 0 Å². The molecule has 33 heavy (non-hydrogen) atoms. The maximum Gasteiger partial charge on any atom is 0.488 e. The Labute approximate surface area is 192 Å². The number of fused-ring (bicyclic) bond motifs is 3. The fourth-order valence-corrected chi connectivity index (χ4v) is 4.93. The fourth-order valence-electron chi connectivity index (χ4n) is 4.93. The first-order valence-corrected chi connectivity index (χ1v) is 11.1. The minimum atomic E-state index is -1.49. The molecule has 0 bridgehead atoms. The molecule has 0 amide bonds. The summed E-state index contributed by atoms with van der Waals surface area (Å²) in [6.07, 6.45) is 0. The largest absolute Gasteiger partial charge is 0.488 e. The van der Waals surface area contributed by atoms with Crippen molar-refractivity contribution in [3.8, 4) is 22.3 Å². The Kier molecular flexibility index (Phi) is 4.72. The van der Waals surface area contributed by atoms with E-state index in [1.807, 2.05) is 24.3 Å². The monoisotopic (exact) mass is 424 g/mol. The molecule has 2 nitrogen and oxygen atoms in total. The first-order valence-electron chi connectivity index (χ1n) is 11.1. The summed E-state index contributed by atoms with van der Waals surface area (Å²) in [5.74, 6) is 0. The van der Waals surface area contributed by atoms with Crippen LogP contribution in [0.25, 0.3) is 54.6 Å². The Bertz CT molecular complexity index is 1640. The van der Waals surface area contributed by atoms with E-state index in [2.05, 4.69) is 84.9 Å². The predicted molar refractivity (Wildman–Crippen MR) is 140 cm³/mol. The van der Waals surface area contributed by atoms with Gasteiger partial charge in [-0.1, -0.05) is 109 Å². The summed E-state index contributed by atoms with van der Waals surface area (Å²) in [4.78, 5) is 0. The van der Waals surface area contributed by atoms with E-state index in [1.165, 1.54) is 32.8 Å². The van der Waals surface area contributed by atoms with Gasteiger partial charge in [0.15, 0.2) is 0 Å². The Hall–Kier alpha value is -3.92. The Morgan fingerprint density at radius 2 is 1.06 bits per heavy atom. The zero-order valence-electron chi connectivity index (χ0n) is 17.9.